The highest BCUT2D eigenvalue weighted by Crippen LogP contribution is 2.22. The summed E-state index contributed by atoms with van der Waals surface area (Å²) in [4.78, 5) is 0. The maximum Gasteiger partial charge on any atom is 0.146 e. The van der Waals surface area contributed by atoms with Crippen molar-refractivity contribution in [3.8, 4) is 5.75 Å². The van der Waals surface area contributed by atoms with Crippen molar-refractivity contribution in [2.24, 2.45) is 0 Å². The van der Waals surface area contributed by atoms with E-state index in [1.165, 1.54) is 5.56 Å². The zero-order chi connectivity index (χ0) is 15.1. The second kappa shape index (κ2) is 7.89. The molecule has 3 heteroatoms. The van der Waals surface area contributed by atoms with Crippen LogP contribution < -0.4 is 10.1 Å². The normalized spacial score (nSPS) is 12.3. The Balaban J connectivity index is 1.86. The molecule has 1 aromatic carbocycles. The van der Waals surface area contributed by atoms with Gasteiger partial charge in [0.15, 0.2) is 0 Å². The lowest BCUT2D eigenvalue weighted by molar-refractivity contribution is 0.265. The standard InChI is InChI=1S/C18H25NO2/c1-4-14(3)15-6-8-16(9-7-15)20-13-18-11-10-17(21-18)12-19-5-2/h6-11,14,19H,4-5,12-13H2,1-3H3. The number of hydrogen-bond donors (Lipinski definition) is 1. The van der Waals surface area contributed by atoms with Crippen LogP contribution in [0.4, 0.5) is 0 Å². The van der Waals surface area contributed by atoms with Crippen LogP contribution in [0.2, 0.25) is 0 Å². The molecule has 21 heavy (non-hydrogen) atoms. The molecule has 0 saturated carbocycles. The molecule has 114 valence electrons. The van der Waals surface area contributed by atoms with Gasteiger partial charge in [0.05, 0.1) is 6.54 Å². The second-order valence-electron chi connectivity index (χ2n) is 5.32. The van der Waals surface area contributed by atoms with E-state index in [2.05, 4.69) is 38.2 Å². The minimum Gasteiger partial charge on any atom is -0.486 e. The third-order valence-electron chi connectivity index (χ3n) is 3.71. The molecule has 1 aromatic heterocycles. The van der Waals surface area contributed by atoms with Gasteiger partial charge in [0.25, 0.3) is 0 Å². The summed E-state index contributed by atoms with van der Waals surface area (Å²) in [5.41, 5.74) is 1.36. The Labute approximate surface area is 127 Å². The Bertz CT molecular complexity index is 530. The molecular formula is C18H25NO2. The molecule has 0 aliphatic rings. The first-order chi connectivity index (χ1) is 10.2. The molecular weight excluding hydrogens is 262 g/mol. The fourth-order valence-corrected chi connectivity index (χ4v) is 2.13. The van der Waals surface area contributed by atoms with Crippen LogP contribution in [0.1, 0.15) is 50.2 Å². The van der Waals surface area contributed by atoms with Crippen LogP contribution in [0.3, 0.4) is 0 Å². The van der Waals surface area contributed by atoms with E-state index in [0.717, 1.165) is 36.8 Å². The van der Waals surface area contributed by atoms with E-state index in [1.807, 2.05) is 24.3 Å². The van der Waals surface area contributed by atoms with Crippen LogP contribution in [-0.2, 0) is 13.2 Å². The van der Waals surface area contributed by atoms with Crippen molar-refractivity contribution in [3.63, 3.8) is 0 Å². The summed E-state index contributed by atoms with van der Waals surface area (Å²) in [7, 11) is 0. The van der Waals surface area contributed by atoms with Crippen LogP contribution in [0.15, 0.2) is 40.8 Å². The minimum absolute atomic E-state index is 0.467. The van der Waals surface area contributed by atoms with Gasteiger partial charge < -0.3 is 14.5 Å². The Morgan fingerprint density at radius 1 is 1.05 bits per heavy atom. The number of furan rings is 1. The van der Waals surface area contributed by atoms with Gasteiger partial charge in [0, 0.05) is 0 Å². The molecule has 1 atom stereocenters. The molecule has 0 aliphatic heterocycles. The maximum atomic E-state index is 5.76. The molecule has 2 rings (SSSR count). The number of benzene rings is 1. The Morgan fingerprint density at radius 2 is 1.76 bits per heavy atom. The third-order valence-corrected chi connectivity index (χ3v) is 3.71. The lowest BCUT2D eigenvalue weighted by Gasteiger charge is -2.10. The Morgan fingerprint density at radius 3 is 2.43 bits per heavy atom. The summed E-state index contributed by atoms with van der Waals surface area (Å²) >= 11 is 0. The molecule has 1 N–H and O–H groups in total. The number of hydrogen-bond acceptors (Lipinski definition) is 3. The van der Waals surface area contributed by atoms with Crippen molar-refractivity contribution in [2.45, 2.75) is 46.3 Å². The molecule has 2 aromatic rings. The second-order valence-corrected chi connectivity index (χ2v) is 5.32. The fraction of sp³-hybridized carbons (Fsp3) is 0.444. The average Bonchev–Trinajstić information content (AvgIpc) is 2.98. The van der Waals surface area contributed by atoms with Crippen LogP contribution in [0.25, 0.3) is 0 Å². The summed E-state index contributed by atoms with van der Waals surface area (Å²) < 4.78 is 11.5. The van der Waals surface area contributed by atoms with Gasteiger partial charge in [0.1, 0.15) is 23.9 Å². The van der Waals surface area contributed by atoms with Gasteiger partial charge >= 0.3 is 0 Å². The first kappa shape index (κ1) is 15.6. The summed E-state index contributed by atoms with van der Waals surface area (Å²) in [6.45, 7) is 8.70. The fourth-order valence-electron chi connectivity index (χ4n) is 2.13. The quantitative estimate of drug-likeness (QED) is 0.777. The largest absolute Gasteiger partial charge is 0.486 e. The van der Waals surface area contributed by atoms with E-state index < -0.39 is 0 Å². The maximum absolute atomic E-state index is 5.76. The molecule has 0 saturated heterocycles. The number of nitrogens with one attached hydrogen (secondary N) is 1. The van der Waals surface area contributed by atoms with Gasteiger partial charge in [0.2, 0.25) is 0 Å². The van der Waals surface area contributed by atoms with Crippen LogP contribution >= 0.6 is 0 Å². The molecule has 0 bridgehead atoms. The molecule has 1 heterocycles. The topological polar surface area (TPSA) is 34.4 Å². The summed E-state index contributed by atoms with van der Waals surface area (Å²) in [5.74, 6) is 3.28. The van der Waals surface area contributed by atoms with Crippen molar-refractivity contribution in [1.82, 2.24) is 5.32 Å². The lowest BCUT2D eigenvalue weighted by Crippen LogP contribution is -2.10. The van der Waals surface area contributed by atoms with Gasteiger partial charge in [-0.25, -0.2) is 0 Å². The third kappa shape index (κ3) is 4.64. The smallest absolute Gasteiger partial charge is 0.146 e. The van der Waals surface area contributed by atoms with Gasteiger partial charge in [-0.05, 0) is 48.7 Å². The zero-order valence-corrected chi connectivity index (χ0v) is 13.2. The van der Waals surface area contributed by atoms with E-state index in [1.54, 1.807) is 0 Å². The van der Waals surface area contributed by atoms with Gasteiger partial charge in [-0.2, -0.15) is 0 Å². The molecule has 0 spiro atoms. The van der Waals surface area contributed by atoms with Crippen molar-refractivity contribution in [1.29, 1.82) is 0 Å². The molecule has 0 aliphatic carbocycles. The Hall–Kier alpha value is -1.74. The number of rotatable bonds is 8. The Kier molecular flexibility index (Phi) is 5.88. The minimum atomic E-state index is 0.467. The van der Waals surface area contributed by atoms with Crippen LogP contribution in [-0.4, -0.2) is 6.54 Å². The van der Waals surface area contributed by atoms with Crippen molar-refractivity contribution >= 4 is 0 Å². The lowest BCUT2D eigenvalue weighted by atomic mass is 9.99. The number of ether oxygens (including phenoxy) is 1. The highest BCUT2D eigenvalue weighted by atomic mass is 16.5. The van der Waals surface area contributed by atoms with E-state index in [4.69, 9.17) is 9.15 Å². The van der Waals surface area contributed by atoms with Crippen molar-refractivity contribution in [3.05, 3.63) is 53.5 Å². The molecule has 3 nitrogen and oxygen atoms in total. The van der Waals surface area contributed by atoms with E-state index in [-0.39, 0.29) is 0 Å². The van der Waals surface area contributed by atoms with Gasteiger partial charge in [-0.15, -0.1) is 0 Å². The molecule has 0 fully saturated rings. The summed E-state index contributed by atoms with van der Waals surface area (Å²) in [6.07, 6.45) is 1.15. The monoisotopic (exact) mass is 287 g/mol. The van der Waals surface area contributed by atoms with Crippen LogP contribution in [0, 0.1) is 0 Å². The van der Waals surface area contributed by atoms with E-state index in [9.17, 15) is 0 Å². The predicted molar refractivity (Wildman–Crippen MR) is 85.6 cm³/mol. The highest BCUT2D eigenvalue weighted by Gasteiger charge is 2.05. The molecule has 1 unspecified atom stereocenters. The highest BCUT2D eigenvalue weighted by molar-refractivity contribution is 5.29. The zero-order valence-electron chi connectivity index (χ0n) is 13.2. The average molecular weight is 287 g/mol. The van der Waals surface area contributed by atoms with Crippen molar-refractivity contribution in [2.75, 3.05) is 6.54 Å². The van der Waals surface area contributed by atoms with E-state index in [0.29, 0.717) is 12.5 Å². The van der Waals surface area contributed by atoms with Gasteiger partial charge in [-0.1, -0.05) is 32.9 Å². The van der Waals surface area contributed by atoms with E-state index >= 15 is 0 Å². The summed E-state index contributed by atoms with van der Waals surface area (Å²) in [5, 5.41) is 3.24. The SMILES string of the molecule is CCNCc1ccc(COc2ccc(C(C)CC)cc2)o1. The first-order valence-corrected chi connectivity index (χ1v) is 7.74. The molecule has 0 radical (unpaired) electrons. The summed E-state index contributed by atoms with van der Waals surface area (Å²) in [6, 6.07) is 12.3. The first-order valence-electron chi connectivity index (χ1n) is 7.74. The predicted octanol–water partition coefficient (Wildman–Crippen LogP) is 4.48. The molecule has 0 amide bonds. The van der Waals surface area contributed by atoms with Gasteiger partial charge in [-0.3, -0.25) is 0 Å². The van der Waals surface area contributed by atoms with Crippen LogP contribution in [0.5, 0.6) is 5.75 Å². The van der Waals surface area contributed by atoms with Crippen molar-refractivity contribution < 1.29 is 9.15 Å².